The molecule has 2 aromatic rings. The highest BCUT2D eigenvalue weighted by atomic mass is 35.5. The zero-order chi connectivity index (χ0) is 20.6. The van der Waals surface area contributed by atoms with E-state index in [1.807, 2.05) is 0 Å². The van der Waals surface area contributed by atoms with E-state index in [-0.39, 0.29) is 48.8 Å². The normalized spacial score (nSPS) is 15.9. The Hall–Kier alpha value is -2.36. The molecule has 1 amide bonds. The maximum absolute atomic E-state index is 13.8. The number of amides is 1. The van der Waals surface area contributed by atoms with Gasteiger partial charge in [0.2, 0.25) is 11.7 Å². The van der Waals surface area contributed by atoms with Crippen LogP contribution in [0.25, 0.3) is 0 Å². The highest BCUT2D eigenvalue weighted by Crippen LogP contribution is 2.28. The molecule has 1 aromatic carbocycles. The van der Waals surface area contributed by atoms with Crippen LogP contribution in [0.5, 0.6) is 0 Å². The van der Waals surface area contributed by atoms with E-state index < -0.39 is 29.5 Å². The van der Waals surface area contributed by atoms with Crippen molar-refractivity contribution in [1.82, 2.24) is 19.2 Å². The number of carbonyl (C=O) groups is 1. The molecule has 11 heteroatoms. The largest absolute Gasteiger partial charge is 0.451 e. The minimum Gasteiger partial charge on any atom is -0.342 e. The average molecular weight is 421 g/mol. The highest BCUT2D eigenvalue weighted by molar-refractivity contribution is 6.31. The third kappa shape index (κ3) is 3.91. The number of hydrogen-bond donors (Lipinski definition) is 0. The molecule has 3 rings (SSSR count). The summed E-state index contributed by atoms with van der Waals surface area (Å²) in [5, 5.41) is 3.59. The van der Waals surface area contributed by atoms with Gasteiger partial charge >= 0.3 is 11.9 Å². The lowest BCUT2D eigenvalue weighted by Gasteiger charge is -2.31. The van der Waals surface area contributed by atoms with Gasteiger partial charge in [0.1, 0.15) is 5.82 Å². The lowest BCUT2D eigenvalue weighted by atomic mass is 10.0. The number of rotatable bonds is 3. The Morgan fingerprint density at radius 1 is 1.29 bits per heavy atom. The summed E-state index contributed by atoms with van der Waals surface area (Å²) in [6.07, 6.45) is -4.40. The molecular weight excluding hydrogens is 404 g/mol. The molecule has 1 aliphatic heterocycles. The predicted octanol–water partition coefficient (Wildman–Crippen LogP) is 2.80. The third-order valence-electron chi connectivity index (χ3n) is 4.81. The Morgan fingerprint density at radius 2 is 1.93 bits per heavy atom. The Kier molecular flexibility index (Phi) is 5.51. The number of piperidine rings is 1. The molecule has 152 valence electrons. The smallest absolute Gasteiger partial charge is 0.342 e. The number of likely N-dealkylation sites (tertiary alicyclic amines) is 1. The lowest BCUT2D eigenvalue weighted by molar-refractivity contribution is -0.147. The van der Waals surface area contributed by atoms with Gasteiger partial charge in [0.25, 0.3) is 0 Å². The number of hydrogen-bond acceptors (Lipinski definition) is 3. The average Bonchev–Trinajstić information content (AvgIpc) is 2.94. The monoisotopic (exact) mass is 420 g/mol. The van der Waals surface area contributed by atoms with Crippen LogP contribution in [0.1, 0.15) is 30.3 Å². The Labute approximate surface area is 162 Å². The molecule has 6 nitrogen and oxygen atoms in total. The second-order valence-corrected chi connectivity index (χ2v) is 7.00. The zero-order valence-electron chi connectivity index (χ0n) is 14.8. The summed E-state index contributed by atoms with van der Waals surface area (Å²) in [4.78, 5) is 26.0. The number of nitrogens with zero attached hydrogens (tertiary/aromatic N) is 4. The topological polar surface area (TPSA) is 60.1 Å². The molecule has 0 atom stereocenters. The van der Waals surface area contributed by atoms with Crippen molar-refractivity contribution in [3.8, 4) is 0 Å². The van der Waals surface area contributed by atoms with E-state index in [9.17, 15) is 27.2 Å². The summed E-state index contributed by atoms with van der Waals surface area (Å²) in [5.74, 6) is -2.17. The molecule has 2 heterocycles. The van der Waals surface area contributed by atoms with Crippen molar-refractivity contribution in [3.05, 3.63) is 50.9 Å². The fourth-order valence-corrected chi connectivity index (χ4v) is 3.49. The van der Waals surface area contributed by atoms with Gasteiger partial charge in [0.15, 0.2) is 0 Å². The summed E-state index contributed by atoms with van der Waals surface area (Å²) in [6.45, 7) is 0.444. The minimum absolute atomic E-state index is 0.104. The van der Waals surface area contributed by atoms with Crippen LogP contribution < -0.4 is 5.69 Å². The van der Waals surface area contributed by atoms with Gasteiger partial charge in [-0.2, -0.15) is 13.2 Å². The van der Waals surface area contributed by atoms with Crippen LogP contribution >= 0.6 is 11.6 Å². The fourth-order valence-electron chi connectivity index (χ4n) is 3.26. The van der Waals surface area contributed by atoms with Crippen LogP contribution in [0.15, 0.2) is 23.0 Å². The van der Waals surface area contributed by atoms with Crippen LogP contribution in [0.2, 0.25) is 5.02 Å². The SMILES string of the molecule is Cn1c(C(F)(F)F)nn(C2CCN(C(=O)Cc3c(F)cccc3Cl)CC2)c1=O. The first-order valence-electron chi connectivity index (χ1n) is 8.53. The Balaban J connectivity index is 1.68. The molecule has 0 bridgehead atoms. The van der Waals surface area contributed by atoms with Crippen LogP contribution in [0.3, 0.4) is 0 Å². The quantitative estimate of drug-likeness (QED) is 0.717. The number of benzene rings is 1. The Morgan fingerprint density at radius 3 is 2.46 bits per heavy atom. The maximum atomic E-state index is 13.8. The third-order valence-corrected chi connectivity index (χ3v) is 5.16. The van der Waals surface area contributed by atoms with E-state index in [1.54, 1.807) is 0 Å². The molecule has 0 aliphatic carbocycles. The van der Waals surface area contributed by atoms with Crippen molar-refractivity contribution < 1.29 is 22.4 Å². The molecule has 0 spiro atoms. The number of halogens is 5. The summed E-state index contributed by atoms with van der Waals surface area (Å²) in [6, 6.07) is 3.60. The first kappa shape index (κ1) is 20.4. The number of aromatic nitrogens is 3. The lowest BCUT2D eigenvalue weighted by Crippen LogP contribution is -2.41. The molecular formula is C17H17ClF4N4O2. The van der Waals surface area contributed by atoms with E-state index in [0.29, 0.717) is 4.57 Å². The molecule has 1 saturated heterocycles. The van der Waals surface area contributed by atoms with Gasteiger partial charge in [-0.15, -0.1) is 5.10 Å². The van der Waals surface area contributed by atoms with E-state index in [1.165, 1.54) is 23.1 Å². The second kappa shape index (κ2) is 7.57. The first-order valence-corrected chi connectivity index (χ1v) is 8.90. The van der Waals surface area contributed by atoms with Gasteiger partial charge in [0.05, 0.1) is 12.5 Å². The molecule has 1 fully saturated rings. The van der Waals surface area contributed by atoms with Crippen molar-refractivity contribution >= 4 is 17.5 Å². The first-order chi connectivity index (χ1) is 13.1. The summed E-state index contributed by atoms with van der Waals surface area (Å²) < 4.78 is 53.9. The fraction of sp³-hybridized carbons (Fsp3) is 0.471. The predicted molar refractivity (Wildman–Crippen MR) is 92.4 cm³/mol. The second-order valence-electron chi connectivity index (χ2n) is 6.60. The maximum Gasteiger partial charge on any atom is 0.451 e. The van der Waals surface area contributed by atoms with Gasteiger partial charge in [0, 0.05) is 30.7 Å². The zero-order valence-corrected chi connectivity index (χ0v) is 15.6. The van der Waals surface area contributed by atoms with Gasteiger partial charge < -0.3 is 4.90 Å². The van der Waals surface area contributed by atoms with Crippen molar-refractivity contribution in [2.75, 3.05) is 13.1 Å². The molecule has 1 aliphatic rings. The summed E-state index contributed by atoms with van der Waals surface area (Å²) in [7, 11) is 1.02. The standard InChI is InChI=1S/C17H17ClF4N4O2/c1-24-15(17(20,21)22)23-26(16(24)28)10-5-7-25(8-6-10)14(27)9-11-12(18)3-2-4-13(11)19/h2-4,10H,5-9H2,1H3. The summed E-state index contributed by atoms with van der Waals surface area (Å²) >= 11 is 5.94. The van der Waals surface area contributed by atoms with Crippen molar-refractivity contribution in [2.45, 2.75) is 31.5 Å². The minimum atomic E-state index is -4.73. The molecule has 1 aromatic heterocycles. The van der Waals surface area contributed by atoms with Crippen LogP contribution in [-0.2, 0) is 24.4 Å². The molecule has 28 heavy (non-hydrogen) atoms. The van der Waals surface area contributed by atoms with Crippen molar-refractivity contribution in [1.29, 1.82) is 0 Å². The van der Waals surface area contributed by atoms with Crippen LogP contribution in [0.4, 0.5) is 17.6 Å². The molecule has 0 radical (unpaired) electrons. The molecule has 0 N–H and O–H groups in total. The molecule has 0 unspecified atom stereocenters. The van der Waals surface area contributed by atoms with E-state index >= 15 is 0 Å². The summed E-state index contributed by atoms with van der Waals surface area (Å²) in [5.41, 5.74) is -0.748. The van der Waals surface area contributed by atoms with Gasteiger partial charge in [-0.3, -0.25) is 9.36 Å². The van der Waals surface area contributed by atoms with Crippen molar-refractivity contribution in [2.24, 2.45) is 7.05 Å². The van der Waals surface area contributed by atoms with Gasteiger partial charge in [-0.05, 0) is 25.0 Å². The van der Waals surface area contributed by atoms with Gasteiger partial charge in [-0.25, -0.2) is 13.9 Å². The van der Waals surface area contributed by atoms with E-state index in [4.69, 9.17) is 11.6 Å². The molecule has 0 saturated carbocycles. The number of alkyl halides is 3. The highest BCUT2D eigenvalue weighted by Gasteiger charge is 2.39. The Bertz CT molecular complexity index is 925. The van der Waals surface area contributed by atoms with Gasteiger partial charge in [-0.1, -0.05) is 17.7 Å². The number of carbonyl (C=O) groups excluding carboxylic acids is 1. The van der Waals surface area contributed by atoms with Crippen LogP contribution in [0, 0.1) is 5.82 Å². The van der Waals surface area contributed by atoms with Crippen molar-refractivity contribution in [3.63, 3.8) is 0 Å². The van der Waals surface area contributed by atoms with Crippen LogP contribution in [-0.4, -0.2) is 38.2 Å². The van der Waals surface area contributed by atoms with E-state index in [0.717, 1.165) is 11.7 Å². The van der Waals surface area contributed by atoms with E-state index in [2.05, 4.69) is 5.10 Å².